The second kappa shape index (κ2) is 4.40. The first-order chi connectivity index (χ1) is 7.61. The van der Waals surface area contributed by atoms with Gasteiger partial charge in [0.15, 0.2) is 11.6 Å². The minimum Gasteiger partial charge on any atom is -0.458 e. The molecule has 0 aliphatic rings. The number of nitrogen functional groups attached to an aromatic ring is 1. The van der Waals surface area contributed by atoms with Crippen molar-refractivity contribution in [3.8, 4) is 11.6 Å². The second-order valence-corrected chi connectivity index (χ2v) is 4.53. The molecule has 2 heterocycles. The van der Waals surface area contributed by atoms with Crippen LogP contribution in [0.25, 0.3) is 11.6 Å². The Morgan fingerprint density at radius 3 is 2.69 bits per heavy atom. The maximum absolute atomic E-state index is 5.80. The number of anilines is 1. The second-order valence-electron chi connectivity index (χ2n) is 3.45. The maximum atomic E-state index is 5.80. The molecule has 0 saturated carbocycles. The van der Waals surface area contributed by atoms with Gasteiger partial charge in [-0.05, 0) is 41.6 Å². The number of hydrogen-bond acceptors (Lipinski definition) is 4. The van der Waals surface area contributed by atoms with Crippen LogP contribution in [-0.2, 0) is 6.42 Å². The van der Waals surface area contributed by atoms with Crippen molar-refractivity contribution in [1.29, 1.82) is 0 Å². The number of hydrogen-bond donors (Lipinski definition) is 1. The summed E-state index contributed by atoms with van der Waals surface area (Å²) in [6.07, 6.45) is 0.860. The summed E-state index contributed by atoms with van der Waals surface area (Å²) in [5.74, 6) is 2.64. The van der Waals surface area contributed by atoms with Crippen molar-refractivity contribution in [2.24, 2.45) is 0 Å². The highest BCUT2D eigenvalue weighted by molar-refractivity contribution is 14.1. The van der Waals surface area contributed by atoms with Crippen LogP contribution < -0.4 is 5.73 Å². The lowest BCUT2D eigenvalue weighted by Gasteiger charge is -2.03. The molecule has 0 radical (unpaired) electrons. The van der Waals surface area contributed by atoms with Crippen LogP contribution in [0.4, 0.5) is 5.82 Å². The highest BCUT2D eigenvalue weighted by Gasteiger charge is 2.11. The van der Waals surface area contributed by atoms with Crippen molar-refractivity contribution >= 4 is 28.4 Å². The van der Waals surface area contributed by atoms with Gasteiger partial charge in [-0.2, -0.15) is 0 Å². The summed E-state index contributed by atoms with van der Waals surface area (Å²) in [6.45, 7) is 3.95. The van der Waals surface area contributed by atoms with E-state index in [4.69, 9.17) is 10.2 Å². The zero-order chi connectivity index (χ0) is 11.7. The van der Waals surface area contributed by atoms with Gasteiger partial charge in [0.25, 0.3) is 0 Å². The Balaban J connectivity index is 2.48. The zero-order valence-electron chi connectivity index (χ0n) is 9.12. The molecule has 0 unspecified atom stereocenters. The Morgan fingerprint density at radius 2 is 2.12 bits per heavy atom. The Hall–Kier alpha value is -1.11. The van der Waals surface area contributed by atoms with Crippen molar-refractivity contribution in [1.82, 2.24) is 9.97 Å². The van der Waals surface area contributed by atoms with E-state index in [1.165, 1.54) is 0 Å². The number of aromatic nitrogens is 2. The molecule has 0 aliphatic heterocycles. The van der Waals surface area contributed by atoms with Gasteiger partial charge in [-0.15, -0.1) is 0 Å². The monoisotopic (exact) mass is 329 g/mol. The molecule has 4 nitrogen and oxygen atoms in total. The van der Waals surface area contributed by atoms with Crippen LogP contribution in [0, 0.1) is 10.5 Å². The Bertz CT molecular complexity index is 499. The minimum absolute atomic E-state index is 0.498. The third-order valence-corrected chi connectivity index (χ3v) is 3.61. The van der Waals surface area contributed by atoms with Crippen LogP contribution in [0.3, 0.4) is 0 Å². The molecule has 0 aromatic carbocycles. The van der Waals surface area contributed by atoms with Crippen LogP contribution in [0.2, 0.25) is 0 Å². The summed E-state index contributed by atoms with van der Waals surface area (Å²) >= 11 is 2.14. The van der Waals surface area contributed by atoms with Crippen molar-refractivity contribution < 1.29 is 4.42 Å². The van der Waals surface area contributed by atoms with E-state index < -0.39 is 0 Å². The van der Waals surface area contributed by atoms with E-state index in [-0.39, 0.29) is 0 Å². The van der Waals surface area contributed by atoms with Crippen molar-refractivity contribution in [3.05, 3.63) is 27.2 Å². The molecule has 2 rings (SSSR count). The van der Waals surface area contributed by atoms with Gasteiger partial charge in [0.1, 0.15) is 11.6 Å². The quantitative estimate of drug-likeness (QED) is 0.861. The lowest BCUT2D eigenvalue weighted by Crippen LogP contribution is -2.01. The normalized spacial score (nSPS) is 10.7. The average molecular weight is 329 g/mol. The molecule has 0 spiro atoms. The van der Waals surface area contributed by atoms with E-state index in [1.807, 2.05) is 26.0 Å². The number of halogens is 1. The molecule has 2 aromatic heterocycles. The summed E-state index contributed by atoms with van der Waals surface area (Å²) in [7, 11) is 0. The highest BCUT2D eigenvalue weighted by Crippen LogP contribution is 2.23. The molecule has 2 N–H and O–H groups in total. The first-order valence-electron chi connectivity index (χ1n) is 5.00. The Kier molecular flexibility index (Phi) is 3.13. The molecule has 0 aliphatic carbocycles. The fraction of sp³-hybridized carbons (Fsp3) is 0.273. The number of aryl methyl sites for hydroxylation is 2. The summed E-state index contributed by atoms with van der Waals surface area (Å²) < 4.78 is 6.48. The Morgan fingerprint density at radius 1 is 1.38 bits per heavy atom. The van der Waals surface area contributed by atoms with E-state index in [0.29, 0.717) is 17.4 Å². The summed E-state index contributed by atoms with van der Waals surface area (Å²) in [6, 6.07) is 3.81. The van der Waals surface area contributed by atoms with Gasteiger partial charge in [0.05, 0.1) is 9.26 Å². The molecule has 2 aromatic rings. The van der Waals surface area contributed by atoms with Crippen molar-refractivity contribution in [2.45, 2.75) is 20.3 Å². The van der Waals surface area contributed by atoms with E-state index in [9.17, 15) is 0 Å². The lowest BCUT2D eigenvalue weighted by molar-refractivity contribution is 0.525. The van der Waals surface area contributed by atoms with Crippen LogP contribution in [0.1, 0.15) is 18.4 Å². The lowest BCUT2D eigenvalue weighted by atomic mass is 10.3. The topological polar surface area (TPSA) is 64.9 Å². The van der Waals surface area contributed by atoms with Crippen molar-refractivity contribution in [2.75, 3.05) is 5.73 Å². The molecule has 84 valence electrons. The largest absolute Gasteiger partial charge is 0.458 e. The molecule has 5 heteroatoms. The summed E-state index contributed by atoms with van der Waals surface area (Å²) in [5, 5.41) is 0. The van der Waals surface area contributed by atoms with Crippen LogP contribution >= 0.6 is 22.6 Å². The first-order valence-corrected chi connectivity index (χ1v) is 6.08. The van der Waals surface area contributed by atoms with E-state index >= 15 is 0 Å². The smallest absolute Gasteiger partial charge is 0.197 e. The SMILES string of the molecule is CCc1ccc(-c2nc(C)c(I)c(N)n2)o1. The zero-order valence-corrected chi connectivity index (χ0v) is 11.3. The van der Waals surface area contributed by atoms with E-state index in [1.54, 1.807) is 0 Å². The van der Waals surface area contributed by atoms with Gasteiger partial charge >= 0.3 is 0 Å². The maximum Gasteiger partial charge on any atom is 0.197 e. The van der Waals surface area contributed by atoms with Crippen LogP contribution in [0.15, 0.2) is 16.5 Å². The van der Waals surface area contributed by atoms with E-state index in [2.05, 4.69) is 32.6 Å². The van der Waals surface area contributed by atoms with Gasteiger partial charge in [-0.3, -0.25) is 0 Å². The molecule has 0 saturated heterocycles. The number of nitrogens with two attached hydrogens (primary N) is 1. The predicted octanol–water partition coefficient (Wildman–Crippen LogP) is 2.79. The predicted molar refractivity (Wildman–Crippen MR) is 71.0 cm³/mol. The fourth-order valence-electron chi connectivity index (χ4n) is 1.38. The fourth-order valence-corrected chi connectivity index (χ4v) is 1.62. The first kappa shape index (κ1) is 11.4. The standard InChI is InChI=1S/C11H12IN3O/c1-3-7-4-5-8(16-7)11-14-6(2)9(12)10(13)15-11/h4-5H,3H2,1-2H3,(H2,13,14,15). The Labute approximate surface area is 107 Å². The average Bonchev–Trinajstić information content (AvgIpc) is 2.73. The van der Waals surface area contributed by atoms with Gasteiger partial charge in [-0.25, -0.2) is 9.97 Å². The van der Waals surface area contributed by atoms with Crippen LogP contribution in [-0.4, -0.2) is 9.97 Å². The van der Waals surface area contributed by atoms with Crippen molar-refractivity contribution in [3.63, 3.8) is 0 Å². The molecular weight excluding hydrogens is 317 g/mol. The number of furan rings is 1. The van der Waals surface area contributed by atoms with Crippen LogP contribution in [0.5, 0.6) is 0 Å². The number of nitrogens with zero attached hydrogens (tertiary/aromatic N) is 2. The molecule has 0 amide bonds. The van der Waals surface area contributed by atoms with Gasteiger partial charge in [0.2, 0.25) is 0 Å². The summed E-state index contributed by atoms with van der Waals surface area (Å²) in [4.78, 5) is 8.58. The van der Waals surface area contributed by atoms with Gasteiger partial charge in [-0.1, -0.05) is 6.92 Å². The molecule has 0 bridgehead atoms. The third kappa shape index (κ3) is 2.04. The molecule has 0 fully saturated rings. The third-order valence-electron chi connectivity index (χ3n) is 2.27. The summed E-state index contributed by atoms with van der Waals surface area (Å²) in [5.41, 5.74) is 6.67. The minimum atomic E-state index is 0.498. The van der Waals surface area contributed by atoms with E-state index in [0.717, 1.165) is 21.4 Å². The molecular formula is C11H12IN3O. The van der Waals surface area contributed by atoms with Gasteiger partial charge in [0, 0.05) is 6.42 Å². The number of rotatable bonds is 2. The molecule has 16 heavy (non-hydrogen) atoms. The molecule has 0 atom stereocenters. The van der Waals surface area contributed by atoms with Gasteiger partial charge < -0.3 is 10.2 Å². The highest BCUT2D eigenvalue weighted by atomic mass is 127.